The summed E-state index contributed by atoms with van der Waals surface area (Å²) in [5, 5.41) is 3.37. The van der Waals surface area contributed by atoms with Crippen LogP contribution in [0.3, 0.4) is 0 Å². The van der Waals surface area contributed by atoms with E-state index in [9.17, 15) is 0 Å². The van der Waals surface area contributed by atoms with Crippen LogP contribution in [0.4, 0.5) is 0 Å². The molecule has 1 aliphatic heterocycles. The van der Waals surface area contributed by atoms with Gasteiger partial charge in [-0.3, -0.25) is 0 Å². The Hall–Kier alpha value is -0.980. The van der Waals surface area contributed by atoms with Crippen molar-refractivity contribution in [3.8, 4) is 0 Å². The molecule has 1 atom stereocenters. The molecule has 1 unspecified atom stereocenters. The lowest BCUT2D eigenvalue weighted by Gasteiger charge is -2.22. The topological polar surface area (TPSA) is 12.0 Å². The van der Waals surface area contributed by atoms with Gasteiger partial charge in [0.2, 0.25) is 0 Å². The Morgan fingerprint density at radius 3 is 2.73 bits per heavy atom. The Labute approximate surface area is 68.5 Å². The van der Waals surface area contributed by atoms with Crippen LogP contribution in [-0.2, 0) is 0 Å². The maximum Gasteiger partial charge on any atom is 0.0443 e. The summed E-state index contributed by atoms with van der Waals surface area (Å²) in [7, 11) is 0. The van der Waals surface area contributed by atoms with Crippen LogP contribution in [0.15, 0.2) is 35.6 Å². The summed E-state index contributed by atoms with van der Waals surface area (Å²) in [5.74, 6) is 0. The molecule has 1 aliphatic rings. The highest BCUT2D eigenvalue weighted by Crippen LogP contribution is 2.16. The molecule has 0 aliphatic carbocycles. The van der Waals surface area contributed by atoms with E-state index >= 15 is 0 Å². The number of hydrogen-bond acceptors (Lipinski definition) is 1. The summed E-state index contributed by atoms with van der Waals surface area (Å²) in [6, 6.07) is 0.471. The predicted octanol–water partition coefficient (Wildman–Crippen LogP) is 2.38. The molecule has 1 heterocycles. The number of allylic oxidation sites excluding steroid dienone is 4. The molecule has 11 heavy (non-hydrogen) atoms. The van der Waals surface area contributed by atoms with Crippen molar-refractivity contribution in [3.63, 3.8) is 0 Å². The average molecular weight is 149 g/mol. The lowest BCUT2D eigenvalue weighted by atomic mass is 10.0. The molecule has 60 valence electrons. The minimum Gasteiger partial charge on any atom is -0.382 e. The molecule has 0 aromatic heterocycles. The van der Waals surface area contributed by atoms with Crippen molar-refractivity contribution in [2.45, 2.75) is 26.8 Å². The number of nitrogens with one attached hydrogen (secondary N) is 1. The zero-order valence-electron chi connectivity index (χ0n) is 7.44. The van der Waals surface area contributed by atoms with Crippen LogP contribution < -0.4 is 5.32 Å². The van der Waals surface area contributed by atoms with E-state index in [0.717, 1.165) is 0 Å². The highest BCUT2D eigenvalue weighted by Gasteiger charge is 2.10. The second-order valence-corrected chi connectivity index (χ2v) is 3.04. The van der Waals surface area contributed by atoms with E-state index in [2.05, 4.69) is 38.7 Å². The van der Waals surface area contributed by atoms with E-state index in [1.165, 1.54) is 16.8 Å². The van der Waals surface area contributed by atoms with Crippen molar-refractivity contribution in [1.82, 2.24) is 5.32 Å². The second-order valence-electron chi connectivity index (χ2n) is 3.04. The van der Waals surface area contributed by atoms with Gasteiger partial charge in [0.15, 0.2) is 0 Å². The van der Waals surface area contributed by atoms with E-state index in [-0.39, 0.29) is 0 Å². The van der Waals surface area contributed by atoms with E-state index in [4.69, 9.17) is 0 Å². The fourth-order valence-corrected chi connectivity index (χ4v) is 1.21. The molecule has 1 nitrogen and oxygen atoms in total. The van der Waals surface area contributed by atoms with Gasteiger partial charge >= 0.3 is 0 Å². The van der Waals surface area contributed by atoms with Crippen LogP contribution >= 0.6 is 0 Å². The summed E-state index contributed by atoms with van der Waals surface area (Å²) in [6.07, 6.45) is 4.07. The van der Waals surface area contributed by atoms with Crippen LogP contribution in [0, 0.1) is 0 Å². The Kier molecular flexibility index (Phi) is 2.18. The fraction of sp³-hybridized carbons (Fsp3) is 0.400. The second kappa shape index (κ2) is 2.95. The van der Waals surface area contributed by atoms with Gasteiger partial charge in [-0.05, 0) is 26.3 Å². The molecule has 1 heteroatoms. The summed E-state index contributed by atoms with van der Waals surface area (Å²) in [5.41, 5.74) is 3.80. The van der Waals surface area contributed by atoms with Crippen LogP contribution in [0.1, 0.15) is 20.8 Å². The maximum atomic E-state index is 3.75. The Morgan fingerprint density at radius 2 is 2.18 bits per heavy atom. The summed E-state index contributed by atoms with van der Waals surface area (Å²) in [4.78, 5) is 0. The molecule has 0 fully saturated rings. The molecule has 0 saturated heterocycles. The highest BCUT2D eigenvalue weighted by molar-refractivity contribution is 5.40. The zero-order valence-corrected chi connectivity index (χ0v) is 7.44. The Bertz CT molecular complexity index is 233. The van der Waals surface area contributed by atoms with Gasteiger partial charge in [0.1, 0.15) is 0 Å². The van der Waals surface area contributed by atoms with Gasteiger partial charge in [-0.1, -0.05) is 24.3 Å². The third kappa shape index (κ3) is 1.53. The van der Waals surface area contributed by atoms with Crippen LogP contribution in [0.25, 0.3) is 0 Å². The smallest absolute Gasteiger partial charge is 0.0443 e. The first-order valence-electron chi connectivity index (χ1n) is 3.93. The number of rotatable bonds is 1. The SMILES string of the molecule is C=CC1=C(C)NC(C)C(C)=C1. The number of hydrogen-bond donors (Lipinski definition) is 1. The molecule has 0 bridgehead atoms. The third-order valence-corrected chi connectivity index (χ3v) is 2.15. The van der Waals surface area contributed by atoms with Crippen molar-refractivity contribution in [1.29, 1.82) is 0 Å². The largest absolute Gasteiger partial charge is 0.382 e. The first-order valence-corrected chi connectivity index (χ1v) is 3.93. The summed E-state index contributed by atoms with van der Waals surface area (Å²) < 4.78 is 0. The third-order valence-electron chi connectivity index (χ3n) is 2.15. The minimum atomic E-state index is 0.471. The van der Waals surface area contributed by atoms with Crippen molar-refractivity contribution < 1.29 is 0 Å². The number of dihydropyridines is 1. The van der Waals surface area contributed by atoms with Gasteiger partial charge in [-0.25, -0.2) is 0 Å². The average Bonchev–Trinajstić information content (AvgIpc) is 1.97. The molecular formula is C10H15N. The van der Waals surface area contributed by atoms with Crippen molar-refractivity contribution in [2.75, 3.05) is 0 Å². The first-order chi connectivity index (χ1) is 5.15. The van der Waals surface area contributed by atoms with E-state index in [0.29, 0.717) is 6.04 Å². The standard InChI is InChI=1S/C10H15N/c1-5-10-6-7(2)8(3)11-9(10)4/h5-6,8,11H,1H2,2-4H3. The first kappa shape index (κ1) is 8.12. The minimum absolute atomic E-state index is 0.471. The lowest BCUT2D eigenvalue weighted by Crippen LogP contribution is -2.28. The Morgan fingerprint density at radius 1 is 1.55 bits per heavy atom. The summed E-state index contributed by atoms with van der Waals surface area (Å²) >= 11 is 0. The highest BCUT2D eigenvalue weighted by atomic mass is 14.9. The van der Waals surface area contributed by atoms with E-state index in [1.807, 2.05) is 6.08 Å². The molecule has 0 aromatic rings. The lowest BCUT2D eigenvalue weighted by molar-refractivity contribution is 0.676. The fourth-order valence-electron chi connectivity index (χ4n) is 1.21. The van der Waals surface area contributed by atoms with Crippen LogP contribution in [-0.4, -0.2) is 6.04 Å². The molecule has 0 spiro atoms. The molecule has 0 aromatic carbocycles. The predicted molar refractivity (Wildman–Crippen MR) is 49.3 cm³/mol. The molecule has 1 N–H and O–H groups in total. The van der Waals surface area contributed by atoms with Crippen molar-refractivity contribution in [3.05, 3.63) is 35.6 Å². The van der Waals surface area contributed by atoms with Crippen LogP contribution in [0.5, 0.6) is 0 Å². The van der Waals surface area contributed by atoms with Gasteiger partial charge < -0.3 is 5.32 Å². The van der Waals surface area contributed by atoms with Gasteiger partial charge in [-0.15, -0.1) is 0 Å². The van der Waals surface area contributed by atoms with Gasteiger partial charge in [0, 0.05) is 11.7 Å². The molecule has 0 amide bonds. The molecular weight excluding hydrogens is 134 g/mol. The maximum absolute atomic E-state index is 3.75. The summed E-state index contributed by atoms with van der Waals surface area (Å²) in [6.45, 7) is 10.1. The van der Waals surface area contributed by atoms with Gasteiger partial charge in [0.05, 0.1) is 0 Å². The molecule has 0 radical (unpaired) electrons. The van der Waals surface area contributed by atoms with Crippen LogP contribution in [0.2, 0.25) is 0 Å². The van der Waals surface area contributed by atoms with Gasteiger partial charge in [0.25, 0.3) is 0 Å². The molecule has 1 rings (SSSR count). The van der Waals surface area contributed by atoms with Crippen molar-refractivity contribution >= 4 is 0 Å². The van der Waals surface area contributed by atoms with E-state index < -0.39 is 0 Å². The van der Waals surface area contributed by atoms with E-state index in [1.54, 1.807) is 0 Å². The van der Waals surface area contributed by atoms with Crippen molar-refractivity contribution in [2.24, 2.45) is 0 Å². The monoisotopic (exact) mass is 149 g/mol. The normalized spacial score (nSPS) is 24.3. The Balaban J connectivity index is 2.96. The quantitative estimate of drug-likeness (QED) is 0.603. The molecule has 0 saturated carbocycles. The van der Waals surface area contributed by atoms with Gasteiger partial charge in [-0.2, -0.15) is 0 Å². The zero-order chi connectivity index (χ0) is 8.43.